The van der Waals surface area contributed by atoms with Crippen molar-refractivity contribution in [2.24, 2.45) is 0 Å². The molecule has 1 saturated heterocycles. The summed E-state index contributed by atoms with van der Waals surface area (Å²) in [4.78, 5) is 16.6. The average molecular weight is 543 g/mol. The van der Waals surface area contributed by atoms with Gasteiger partial charge in [-0.05, 0) is 54.7 Å². The SMILES string of the molecule is Cl.N#Cc1c(NC(=O)c2ccc(S(=O)(=O)N3CCCC3)cc2)sc2c1CCN(Cc1ccccc1)C2. The number of fused-ring (bicyclic) bond motifs is 1. The molecule has 0 atom stereocenters. The number of carbonyl (C=O) groups is 1. The fraction of sp³-hybridized carbons (Fsp3) is 0.308. The molecule has 3 heterocycles. The van der Waals surface area contributed by atoms with Crippen molar-refractivity contribution >= 4 is 44.7 Å². The number of carbonyl (C=O) groups excluding carboxylic acids is 1. The number of amides is 1. The molecule has 1 aromatic heterocycles. The maximum absolute atomic E-state index is 12.9. The highest BCUT2D eigenvalue weighted by Gasteiger charge is 2.28. The summed E-state index contributed by atoms with van der Waals surface area (Å²) >= 11 is 1.45. The minimum Gasteiger partial charge on any atom is -0.312 e. The molecule has 2 aromatic carbocycles. The van der Waals surface area contributed by atoms with Gasteiger partial charge in [-0.1, -0.05) is 30.3 Å². The van der Waals surface area contributed by atoms with Gasteiger partial charge in [-0.25, -0.2) is 8.42 Å². The van der Waals surface area contributed by atoms with Crippen LogP contribution in [0.4, 0.5) is 5.00 Å². The van der Waals surface area contributed by atoms with Crippen LogP contribution in [0.25, 0.3) is 0 Å². The number of nitrogens with one attached hydrogen (secondary N) is 1. The number of halogens is 1. The van der Waals surface area contributed by atoms with Crippen molar-refractivity contribution in [3.05, 3.63) is 81.7 Å². The van der Waals surface area contributed by atoms with Gasteiger partial charge in [-0.2, -0.15) is 9.57 Å². The van der Waals surface area contributed by atoms with Gasteiger partial charge in [0.05, 0.1) is 10.5 Å². The van der Waals surface area contributed by atoms with E-state index in [1.165, 1.54) is 45.5 Å². The lowest BCUT2D eigenvalue weighted by Gasteiger charge is -2.26. The Hall–Kier alpha value is -2.74. The van der Waals surface area contributed by atoms with Crippen LogP contribution in [0.5, 0.6) is 0 Å². The first-order valence-corrected chi connectivity index (χ1v) is 13.9. The molecule has 0 unspecified atom stereocenters. The molecule has 0 radical (unpaired) electrons. The highest BCUT2D eigenvalue weighted by atomic mass is 35.5. The standard InChI is InChI=1S/C26H26N4O3S2.ClH/c27-16-23-22-12-15-29(17-19-6-2-1-3-7-19)18-24(22)34-26(23)28-25(31)20-8-10-21(11-9-20)35(32,33)30-13-4-5-14-30;/h1-3,6-11H,4-5,12-15,17-18H2,(H,28,31);1H. The van der Waals surface area contributed by atoms with Gasteiger partial charge in [-0.15, -0.1) is 23.7 Å². The van der Waals surface area contributed by atoms with Gasteiger partial charge in [0.2, 0.25) is 10.0 Å². The number of nitrogens with zero attached hydrogens (tertiary/aromatic N) is 3. The number of sulfonamides is 1. The number of rotatable bonds is 6. The zero-order valence-corrected chi connectivity index (χ0v) is 22.1. The molecular weight excluding hydrogens is 516 g/mol. The lowest BCUT2D eigenvalue weighted by atomic mass is 10.0. The summed E-state index contributed by atoms with van der Waals surface area (Å²) in [6.07, 6.45) is 2.51. The summed E-state index contributed by atoms with van der Waals surface area (Å²) in [6.45, 7) is 3.51. The van der Waals surface area contributed by atoms with E-state index in [9.17, 15) is 18.5 Å². The lowest BCUT2D eigenvalue weighted by Crippen LogP contribution is -2.29. The summed E-state index contributed by atoms with van der Waals surface area (Å²) in [5.41, 5.74) is 3.15. The third-order valence-electron chi connectivity index (χ3n) is 6.54. The number of benzene rings is 2. The van der Waals surface area contributed by atoms with E-state index in [4.69, 9.17) is 0 Å². The van der Waals surface area contributed by atoms with E-state index < -0.39 is 10.0 Å². The number of hydrogen-bond acceptors (Lipinski definition) is 6. The Balaban J connectivity index is 0.00000304. The second kappa shape index (κ2) is 11.1. The Morgan fingerprint density at radius 2 is 1.72 bits per heavy atom. The second-order valence-corrected chi connectivity index (χ2v) is 11.9. The minimum atomic E-state index is -3.52. The molecule has 2 aliphatic heterocycles. The molecule has 5 rings (SSSR count). The van der Waals surface area contributed by atoms with Crippen molar-refractivity contribution in [3.8, 4) is 6.07 Å². The summed E-state index contributed by atoms with van der Waals surface area (Å²) in [6, 6.07) is 18.6. The summed E-state index contributed by atoms with van der Waals surface area (Å²) in [5.74, 6) is -0.355. The van der Waals surface area contributed by atoms with Gasteiger partial charge in [0.25, 0.3) is 5.91 Å². The topological polar surface area (TPSA) is 93.5 Å². The first-order chi connectivity index (χ1) is 17.0. The molecule has 1 N–H and O–H groups in total. The van der Waals surface area contributed by atoms with Gasteiger partial charge in [-0.3, -0.25) is 9.69 Å². The minimum absolute atomic E-state index is 0. The largest absolute Gasteiger partial charge is 0.312 e. The molecule has 7 nitrogen and oxygen atoms in total. The van der Waals surface area contributed by atoms with Crippen molar-refractivity contribution in [1.82, 2.24) is 9.21 Å². The molecular formula is C26H27ClN4O3S2. The van der Waals surface area contributed by atoms with Crippen LogP contribution in [-0.4, -0.2) is 43.2 Å². The third kappa shape index (κ3) is 5.33. The number of thiophene rings is 1. The van der Waals surface area contributed by atoms with Gasteiger partial charge < -0.3 is 5.32 Å². The van der Waals surface area contributed by atoms with E-state index in [1.807, 2.05) is 18.2 Å². The van der Waals surface area contributed by atoms with Crippen molar-refractivity contribution < 1.29 is 13.2 Å². The van der Waals surface area contributed by atoms with E-state index in [0.717, 1.165) is 49.3 Å². The summed E-state index contributed by atoms with van der Waals surface area (Å²) in [5, 5.41) is 13.2. The van der Waals surface area contributed by atoms with Crippen LogP contribution in [0.1, 0.15) is 44.8 Å². The van der Waals surface area contributed by atoms with Crippen LogP contribution in [0.15, 0.2) is 59.5 Å². The quantitative estimate of drug-likeness (QED) is 0.490. The maximum atomic E-state index is 12.9. The molecule has 1 fully saturated rings. The fourth-order valence-corrected chi connectivity index (χ4v) is 7.42. The summed E-state index contributed by atoms with van der Waals surface area (Å²) in [7, 11) is -3.52. The highest BCUT2D eigenvalue weighted by molar-refractivity contribution is 7.89. The first-order valence-electron chi connectivity index (χ1n) is 11.7. The monoisotopic (exact) mass is 542 g/mol. The average Bonchev–Trinajstić information content (AvgIpc) is 3.53. The summed E-state index contributed by atoms with van der Waals surface area (Å²) < 4.78 is 26.9. The van der Waals surface area contributed by atoms with Crippen LogP contribution < -0.4 is 5.32 Å². The van der Waals surface area contributed by atoms with E-state index >= 15 is 0 Å². The lowest BCUT2D eigenvalue weighted by molar-refractivity contribution is 0.102. The van der Waals surface area contributed by atoms with Gasteiger partial charge >= 0.3 is 0 Å². The van der Waals surface area contributed by atoms with E-state index in [2.05, 4.69) is 28.4 Å². The molecule has 188 valence electrons. The zero-order valence-electron chi connectivity index (χ0n) is 19.6. The highest BCUT2D eigenvalue weighted by Crippen LogP contribution is 2.37. The molecule has 0 aliphatic carbocycles. The first kappa shape index (κ1) is 26.3. The predicted molar refractivity (Wildman–Crippen MR) is 143 cm³/mol. The number of nitriles is 1. The van der Waals surface area contributed by atoms with Gasteiger partial charge in [0.1, 0.15) is 11.1 Å². The molecule has 2 aliphatic rings. The van der Waals surface area contributed by atoms with Crippen LogP contribution in [-0.2, 0) is 29.5 Å². The molecule has 0 saturated carbocycles. The van der Waals surface area contributed by atoms with Crippen LogP contribution in [0.3, 0.4) is 0 Å². The van der Waals surface area contributed by atoms with Crippen molar-refractivity contribution in [1.29, 1.82) is 5.26 Å². The van der Waals surface area contributed by atoms with Crippen LogP contribution >= 0.6 is 23.7 Å². The fourth-order valence-electron chi connectivity index (χ4n) is 4.67. The molecule has 1 amide bonds. The van der Waals surface area contributed by atoms with Crippen LogP contribution in [0, 0.1) is 11.3 Å². The second-order valence-electron chi connectivity index (χ2n) is 8.86. The van der Waals surface area contributed by atoms with Crippen molar-refractivity contribution in [2.75, 3.05) is 25.0 Å². The Kier molecular flexibility index (Phi) is 8.13. The van der Waals surface area contributed by atoms with Crippen molar-refractivity contribution in [2.45, 2.75) is 37.2 Å². The van der Waals surface area contributed by atoms with E-state index in [0.29, 0.717) is 29.2 Å². The van der Waals surface area contributed by atoms with Gasteiger partial charge in [0.15, 0.2) is 0 Å². The number of hydrogen-bond donors (Lipinski definition) is 1. The van der Waals surface area contributed by atoms with Crippen molar-refractivity contribution in [3.63, 3.8) is 0 Å². The number of anilines is 1. The van der Waals surface area contributed by atoms with Crippen LogP contribution in [0.2, 0.25) is 0 Å². The Bertz CT molecular complexity index is 1380. The maximum Gasteiger partial charge on any atom is 0.256 e. The molecule has 10 heteroatoms. The predicted octanol–water partition coefficient (Wildman–Crippen LogP) is 4.64. The Labute approximate surface area is 221 Å². The van der Waals surface area contributed by atoms with E-state index in [1.54, 1.807) is 0 Å². The molecule has 0 bridgehead atoms. The molecule has 0 spiro atoms. The molecule has 3 aromatic rings. The zero-order chi connectivity index (χ0) is 24.4. The normalized spacial score (nSPS) is 16.1. The van der Waals surface area contributed by atoms with E-state index in [-0.39, 0.29) is 23.2 Å². The smallest absolute Gasteiger partial charge is 0.256 e. The van der Waals surface area contributed by atoms with Gasteiger partial charge in [0, 0.05) is 43.2 Å². The third-order valence-corrected chi connectivity index (χ3v) is 9.59. The molecule has 36 heavy (non-hydrogen) atoms. The Morgan fingerprint density at radius 3 is 2.39 bits per heavy atom. The Morgan fingerprint density at radius 1 is 1.03 bits per heavy atom.